The number of hydrogen-bond donors (Lipinski definition) is 2. The Morgan fingerprint density at radius 2 is 2.50 bits per heavy atom. The lowest BCUT2D eigenvalue weighted by Crippen LogP contribution is -2.25. The molecule has 1 aromatic heterocycles. The molecule has 0 saturated carbocycles. The van der Waals surface area contributed by atoms with Crippen LogP contribution in [0.2, 0.25) is 0 Å². The molecule has 78 valence electrons. The summed E-state index contributed by atoms with van der Waals surface area (Å²) >= 11 is 0. The van der Waals surface area contributed by atoms with Gasteiger partial charge in [-0.3, -0.25) is 4.79 Å². The minimum absolute atomic E-state index is 0.167. The molecule has 5 nitrogen and oxygen atoms in total. The molecule has 1 unspecified atom stereocenters. The van der Waals surface area contributed by atoms with Gasteiger partial charge in [0.05, 0.1) is 12.5 Å². The van der Waals surface area contributed by atoms with Crippen LogP contribution in [0.3, 0.4) is 0 Å². The number of imidazole rings is 1. The average molecular weight is 196 g/mol. The molecule has 0 aliphatic carbocycles. The summed E-state index contributed by atoms with van der Waals surface area (Å²) in [5, 5.41) is 3.01. The van der Waals surface area contributed by atoms with Crippen LogP contribution in [0.1, 0.15) is 12.7 Å². The Kier molecular flexibility index (Phi) is 3.64. The van der Waals surface area contributed by atoms with E-state index in [1.54, 1.807) is 6.20 Å². The average Bonchev–Trinajstić information content (AvgIpc) is 2.53. The fraction of sp³-hybridized carbons (Fsp3) is 0.556. The zero-order chi connectivity index (χ0) is 10.6. The molecule has 1 aromatic rings. The topological polar surface area (TPSA) is 72.9 Å². The van der Waals surface area contributed by atoms with E-state index in [0.717, 1.165) is 5.82 Å². The van der Waals surface area contributed by atoms with E-state index in [2.05, 4.69) is 10.3 Å². The van der Waals surface area contributed by atoms with Gasteiger partial charge in [-0.1, -0.05) is 6.92 Å². The van der Waals surface area contributed by atoms with Crippen LogP contribution in [-0.2, 0) is 17.9 Å². The summed E-state index contributed by atoms with van der Waals surface area (Å²) in [6.45, 7) is 3.09. The summed E-state index contributed by atoms with van der Waals surface area (Å²) in [6, 6.07) is 0. The lowest BCUT2D eigenvalue weighted by atomic mass is 10.2. The maximum Gasteiger partial charge on any atom is 0.222 e. The molecule has 5 heteroatoms. The lowest BCUT2D eigenvalue weighted by molar-refractivity contribution is -0.121. The highest BCUT2D eigenvalue weighted by atomic mass is 16.1. The van der Waals surface area contributed by atoms with Gasteiger partial charge in [0.15, 0.2) is 0 Å². The fourth-order valence-electron chi connectivity index (χ4n) is 1.22. The number of hydrogen-bond acceptors (Lipinski definition) is 3. The molecule has 0 aliphatic rings. The maximum absolute atomic E-state index is 10.9. The number of amides is 1. The highest BCUT2D eigenvalue weighted by Crippen LogP contribution is 2.03. The van der Waals surface area contributed by atoms with E-state index >= 15 is 0 Å². The number of carbonyl (C=O) groups excluding carboxylic acids is 1. The molecule has 0 fully saturated rings. The molecule has 0 spiro atoms. The van der Waals surface area contributed by atoms with Gasteiger partial charge in [-0.2, -0.15) is 0 Å². The predicted molar refractivity (Wildman–Crippen MR) is 53.3 cm³/mol. The zero-order valence-electron chi connectivity index (χ0n) is 8.53. The Balaban J connectivity index is 2.66. The van der Waals surface area contributed by atoms with Crippen LogP contribution in [0.25, 0.3) is 0 Å². The molecule has 1 heterocycles. The number of carbonyl (C=O) groups is 1. The number of aromatic nitrogens is 2. The Hall–Kier alpha value is -1.36. The van der Waals surface area contributed by atoms with Gasteiger partial charge >= 0.3 is 0 Å². The monoisotopic (exact) mass is 196 g/mol. The van der Waals surface area contributed by atoms with Crippen molar-refractivity contribution < 1.29 is 4.79 Å². The molecule has 3 N–H and O–H groups in total. The van der Waals surface area contributed by atoms with Crippen molar-refractivity contribution in [1.29, 1.82) is 0 Å². The van der Waals surface area contributed by atoms with Crippen molar-refractivity contribution in [3.8, 4) is 0 Å². The third kappa shape index (κ3) is 2.56. The fourth-order valence-corrected chi connectivity index (χ4v) is 1.22. The van der Waals surface area contributed by atoms with E-state index in [9.17, 15) is 4.79 Å². The Morgan fingerprint density at radius 1 is 1.79 bits per heavy atom. The number of nitrogens with zero attached hydrogens (tertiary/aromatic N) is 2. The first-order chi connectivity index (χ1) is 6.65. The standard InChI is InChI=1S/C9H16N4O/c1-7(9(10)14)6-13-4-3-12-8(13)5-11-2/h3-4,7,11H,5-6H2,1-2H3,(H2,10,14). The molecule has 0 aliphatic heterocycles. The van der Waals surface area contributed by atoms with E-state index in [4.69, 9.17) is 5.73 Å². The van der Waals surface area contributed by atoms with E-state index in [1.807, 2.05) is 24.7 Å². The third-order valence-electron chi connectivity index (χ3n) is 2.09. The SMILES string of the molecule is CNCc1nccn1CC(C)C(N)=O. The Morgan fingerprint density at radius 3 is 3.07 bits per heavy atom. The van der Waals surface area contributed by atoms with Gasteiger partial charge in [-0.15, -0.1) is 0 Å². The van der Waals surface area contributed by atoms with Crippen molar-refractivity contribution in [2.24, 2.45) is 11.7 Å². The van der Waals surface area contributed by atoms with Gasteiger partial charge in [0.1, 0.15) is 5.82 Å². The first kappa shape index (κ1) is 10.7. The number of nitrogens with two attached hydrogens (primary N) is 1. The molecular weight excluding hydrogens is 180 g/mol. The number of nitrogens with one attached hydrogen (secondary N) is 1. The number of rotatable bonds is 5. The second-order valence-electron chi connectivity index (χ2n) is 3.33. The van der Waals surface area contributed by atoms with Crippen LogP contribution in [0.15, 0.2) is 12.4 Å². The van der Waals surface area contributed by atoms with Gasteiger partial charge in [0, 0.05) is 18.9 Å². The van der Waals surface area contributed by atoms with E-state index in [-0.39, 0.29) is 11.8 Å². The molecule has 1 atom stereocenters. The second kappa shape index (κ2) is 4.76. The summed E-state index contributed by atoms with van der Waals surface area (Å²) in [6.07, 6.45) is 3.58. The molecule has 1 amide bonds. The maximum atomic E-state index is 10.9. The summed E-state index contributed by atoms with van der Waals surface area (Å²) in [7, 11) is 1.86. The highest BCUT2D eigenvalue weighted by Gasteiger charge is 2.11. The van der Waals surface area contributed by atoms with Gasteiger partial charge in [0.25, 0.3) is 0 Å². The van der Waals surface area contributed by atoms with Crippen LogP contribution in [-0.4, -0.2) is 22.5 Å². The molecule has 0 aromatic carbocycles. The quantitative estimate of drug-likeness (QED) is 0.680. The van der Waals surface area contributed by atoms with Crippen molar-refractivity contribution in [2.45, 2.75) is 20.0 Å². The molecule has 1 rings (SSSR count). The van der Waals surface area contributed by atoms with E-state index in [0.29, 0.717) is 13.1 Å². The van der Waals surface area contributed by atoms with Crippen molar-refractivity contribution in [1.82, 2.24) is 14.9 Å². The second-order valence-corrected chi connectivity index (χ2v) is 3.33. The van der Waals surface area contributed by atoms with Gasteiger partial charge in [-0.05, 0) is 7.05 Å². The van der Waals surface area contributed by atoms with Crippen molar-refractivity contribution >= 4 is 5.91 Å². The lowest BCUT2D eigenvalue weighted by Gasteiger charge is -2.10. The van der Waals surface area contributed by atoms with Gasteiger partial charge < -0.3 is 15.6 Å². The minimum Gasteiger partial charge on any atom is -0.369 e. The largest absolute Gasteiger partial charge is 0.369 e. The smallest absolute Gasteiger partial charge is 0.222 e. The van der Waals surface area contributed by atoms with Crippen LogP contribution in [0.4, 0.5) is 0 Å². The van der Waals surface area contributed by atoms with Crippen LogP contribution in [0, 0.1) is 5.92 Å². The first-order valence-corrected chi connectivity index (χ1v) is 4.59. The highest BCUT2D eigenvalue weighted by molar-refractivity contribution is 5.76. The minimum atomic E-state index is -0.283. The summed E-state index contributed by atoms with van der Waals surface area (Å²) < 4.78 is 1.94. The molecule has 0 radical (unpaired) electrons. The van der Waals surface area contributed by atoms with Crippen LogP contribution in [0.5, 0.6) is 0 Å². The first-order valence-electron chi connectivity index (χ1n) is 4.59. The summed E-state index contributed by atoms with van der Waals surface area (Å²) in [5.74, 6) is 0.467. The van der Waals surface area contributed by atoms with Crippen molar-refractivity contribution in [3.05, 3.63) is 18.2 Å². The van der Waals surface area contributed by atoms with Crippen LogP contribution >= 0.6 is 0 Å². The number of primary amides is 1. The predicted octanol–water partition coefficient (Wildman–Crippen LogP) is -0.276. The molecular formula is C9H16N4O. The Labute approximate surface area is 83.3 Å². The zero-order valence-corrected chi connectivity index (χ0v) is 8.53. The summed E-state index contributed by atoms with van der Waals surface area (Å²) in [4.78, 5) is 15.0. The van der Waals surface area contributed by atoms with Crippen molar-refractivity contribution in [3.63, 3.8) is 0 Å². The van der Waals surface area contributed by atoms with E-state index < -0.39 is 0 Å². The van der Waals surface area contributed by atoms with Crippen molar-refractivity contribution in [2.75, 3.05) is 7.05 Å². The normalized spacial score (nSPS) is 12.7. The van der Waals surface area contributed by atoms with E-state index in [1.165, 1.54) is 0 Å². The third-order valence-corrected chi connectivity index (χ3v) is 2.09. The van der Waals surface area contributed by atoms with Gasteiger partial charge in [-0.25, -0.2) is 4.98 Å². The van der Waals surface area contributed by atoms with Gasteiger partial charge in [0.2, 0.25) is 5.91 Å². The molecule has 14 heavy (non-hydrogen) atoms. The Bertz CT molecular complexity index is 308. The summed E-state index contributed by atoms with van der Waals surface area (Å²) in [5.41, 5.74) is 5.19. The molecule has 0 saturated heterocycles. The molecule has 0 bridgehead atoms. The van der Waals surface area contributed by atoms with Crippen LogP contribution < -0.4 is 11.1 Å².